The third kappa shape index (κ3) is 2.88. The maximum atomic E-state index is 6.12. The second kappa shape index (κ2) is 5.35. The van der Waals surface area contributed by atoms with Crippen LogP contribution in [-0.4, -0.2) is 22.5 Å². The Bertz CT molecular complexity index is 368. The predicted molar refractivity (Wildman–Crippen MR) is 68.0 cm³/mol. The molecule has 0 bridgehead atoms. The molecule has 88 valence electrons. The van der Waals surface area contributed by atoms with Gasteiger partial charge in [-0.1, -0.05) is 29.6 Å². The van der Waals surface area contributed by atoms with E-state index in [1.54, 1.807) is 6.07 Å². The first-order valence-corrected chi connectivity index (χ1v) is 6.47. The lowest BCUT2D eigenvalue weighted by molar-refractivity contribution is 0.151. The molecule has 16 heavy (non-hydrogen) atoms. The maximum Gasteiger partial charge on any atom is 0.129 e. The van der Waals surface area contributed by atoms with Gasteiger partial charge in [0.25, 0.3) is 0 Å². The first-order valence-electron chi connectivity index (χ1n) is 5.72. The molecule has 1 unspecified atom stereocenters. The lowest BCUT2D eigenvalue weighted by Gasteiger charge is -2.33. The molecule has 2 heterocycles. The first kappa shape index (κ1) is 12.2. The van der Waals surface area contributed by atoms with E-state index in [-0.39, 0.29) is 0 Å². The van der Waals surface area contributed by atoms with Gasteiger partial charge < -0.3 is 0 Å². The van der Waals surface area contributed by atoms with Crippen LogP contribution in [0.25, 0.3) is 0 Å². The number of aromatic nitrogens is 1. The van der Waals surface area contributed by atoms with Crippen molar-refractivity contribution in [1.29, 1.82) is 0 Å². The summed E-state index contributed by atoms with van der Waals surface area (Å²) in [5.41, 5.74) is 0.892. The average Bonchev–Trinajstić information content (AvgIpc) is 2.27. The van der Waals surface area contributed by atoms with Crippen molar-refractivity contribution in [3.63, 3.8) is 0 Å². The predicted octanol–water partition coefficient (Wildman–Crippen LogP) is 3.76. The fourth-order valence-corrected chi connectivity index (χ4v) is 2.48. The summed E-state index contributed by atoms with van der Waals surface area (Å²) in [4.78, 5) is 6.72. The highest BCUT2D eigenvalue weighted by molar-refractivity contribution is 6.32. The van der Waals surface area contributed by atoms with E-state index < -0.39 is 0 Å². The van der Waals surface area contributed by atoms with E-state index >= 15 is 0 Å². The molecule has 0 N–H and O–H groups in total. The van der Waals surface area contributed by atoms with Gasteiger partial charge in [-0.3, -0.25) is 4.90 Å². The molecule has 0 radical (unpaired) electrons. The molecule has 1 saturated heterocycles. The van der Waals surface area contributed by atoms with Crippen LogP contribution in [0.5, 0.6) is 0 Å². The molecule has 0 spiro atoms. The topological polar surface area (TPSA) is 16.1 Å². The highest BCUT2D eigenvalue weighted by Crippen LogP contribution is 2.23. The van der Waals surface area contributed by atoms with Crippen molar-refractivity contribution >= 4 is 23.2 Å². The summed E-state index contributed by atoms with van der Waals surface area (Å²) in [6.45, 7) is 4.20. The number of rotatable bonds is 2. The largest absolute Gasteiger partial charge is 0.295 e. The molecule has 4 heteroatoms. The van der Waals surface area contributed by atoms with Gasteiger partial charge in [0.15, 0.2) is 0 Å². The van der Waals surface area contributed by atoms with Gasteiger partial charge in [-0.15, -0.1) is 0 Å². The molecule has 1 aromatic heterocycles. The van der Waals surface area contributed by atoms with Gasteiger partial charge in [0.1, 0.15) is 5.15 Å². The Morgan fingerprint density at radius 2 is 2.19 bits per heavy atom. The molecule has 2 nitrogen and oxygen atoms in total. The number of piperidine rings is 1. The van der Waals surface area contributed by atoms with Crippen LogP contribution in [0, 0.1) is 0 Å². The zero-order valence-electron chi connectivity index (χ0n) is 9.42. The summed E-state index contributed by atoms with van der Waals surface area (Å²) in [5.74, 6) is 0. The van der Waals surface area contributed by atoms with Crippen molar-refractivity contribution in [2.75, 3.05) is 6.54 Å². The van der Waals surface area contributed by atoms with Crippen LogP contribution in [0.15, 0.2) is 12.1 Å². The third-order valence-corrected chi connectivity index (χ3v) is 3.73. The normalized spacial score (nSPS) is 22.3. The monoisotopic (exact) mass is 258 g/mol. The molecular formula is C12H16Cl2N2. The van der Waals surface area contributed by atoms with E-state index in [9.17, 15) is 0 Å². The van der Waals surface area contributed by atoms with Gasteiger partial charge >= 0.3 is 0 Å². The lowest BCUT2D eigenvalue weighted by Crippen LogP contribution is -2.37. The summed E-state index contributed by atoms with van der Waals surface area (Å²) < 4.78 is 0. The van der Waals surface area contributed by atoms with Gasteiger partial charge in [0.05, 0.1) is 10.7 Å². The summed E-state index contributed by atoms with van der Waals surface area (Å²) in [6, 6.07) is 4.17. The fourth-order valence-electron chi connectivity index (χ4n) is 2.15. The number of hydrogen-bond donors (Lipinski definition) is 0. The summed E-state index contributed by atoms with van der Waals surface area (Å²) in [5, 5.41) is 1.23. The molecule has 1 atom stereocenters. The van der Waals surface area contributed by atoms with Crippen molar-refractivity contribution in [1.82, 2.24) is 9.88 Å². The Balaban J connectivity index is 2.10. The van der Waals surface area contributed by atoms with Gasteiger partial charge in [-0.05, 0) is 38.4 Å². The zero-order chi connectivity index (χ0) is 11.5. The summed E-state index contributed by atoms with van der Waals surface area (Å²) >= 11 is 12.0. The molecule has 0 amide bonds. The van der Waals surface area contributed by atoms with Crippen LogP contribution in [0.4, 0.5) is 0 Å². The van der Waals surface area contributed by atoms with Crippen LogP contribution in [0.1, 0.15) is 31.9 Å². The Hall–Kier alpha value is -0.310. The Morgan fingerprint density at radius 1 is 1.38 bits per heavy atom. The van der Waals surface area contributed by atoms with Gasteiger partial charge in [-0.2, -0.15) is 0 Å². The maximum absolute atomic E-state index is 6.12. The second-order valence-electron chi connectivity index (χ2n) is 4.38. The number of halogens is 2. The summed E-state index contributed by atoms with van der Waals surface area (Å²) in [6.07, 6.45) is 3.86. The number of likely N-dealkylation sites (tertiary alicyclic amines) is 1. The Morgan fingerprint density at radius 3 is 2.94 bits per heavy atom. The zero-order valence-corrected chi connectivity index (χ0v) is 10.9. The highest BCUT2D eigenvalue weighted by atomic mass is 35.5. The lowest BCUT2D eigenvalue weighted by atomic mass is 10.0. The number of hydrogen-bond acceptors (Lipinski definition) is 2. The first-order chi connectivity index (χ1) is 7.66. The minimum atomic E-state index is 0.518. The van der Waals surface area contributed by atoms with E-state index in [2.05, 4.69) is 16.8 Å². The minimum Gasteiger partial charge on any atom is -0.295 e. The van der Waals surface area contributed by atoms with E-state index in [0.29, 0.717) is 16.2 Å². The average molecular weight is 259 g/mol. The van der Waals surface area contributed by atoms with Gasteiger partial charge in [-0.25, -0.2) is 4.98 Å². The molecule has 0 saturated carbocycles. The third-order valence-electron chi connectivity index (χ3n) is 3.18. The molecule has 0 aromatic carbocycles. The highest BCUT2D eigenvalue weighted by Gasteiger charge is 2.19. The molecular weight excluding hydrogens is 243 g/mol. The van der Waals surface area contributed by atoms with Crippen molar-refractivity contribution in [3.8, 4) is 0 Å². The molecule has 1 aliphatic heterocycles. The van der Waals surface area contributed by atoms with E-state index in [1.807, 2.05) is 6.07 Å². The minimum absolute atomic E-state index is 0.518. The molecule has 1 aliphatic rings. The number of pyridine rings is 1. The van der Waals surface area contributed by atoms with Crippen molar-refractivity contribution in [2.24, 2.45) is 0 Å². The van der Waals surface area contributed by atoms with Gasteiger partial charge in [0, 0.05) is 12.6 Å². The fraction of sp³-hybridized carbons (Fsp3) is 0.583. The SMILES string of the molecule is CC1CCCCN1Cc1nc(Cl)ccc1Cl. The molecule has 1 fully saturated rings. The quantitative estimate of drug-likeness (QED) is 0.752. The molecule has 1 aromatic rings. The van der Waals surface area contributed by atoms with Crippen molar-refractivity contribution < 1.29 is 0 Å². The smallest absolute Gasteiger partial charge is 0.129 e. The van der Waals surface area contributed by atoms with Crippen LogP contribution < -0.4 is 0 Å². The summed E-state index contributed by atoms with van der Waals surface area (Å²) in [7, 11) is 0. The standard InChI is InChI=1S/C12H16Cl2N2/c1-9-4-2-3-7-16(9)8-11-10(13)5-6-12(14)15-11/h5-6,9H,2-4,7-8H2,1H3. The van der Waals surface area contributed by atoms with E-state index in [1.165, 1.54) is 19.3 Å². The molecule has 0 aliphatic carbocycles. The van der Waals surface area contributed by atoms with Crippen LogP contribution in [0.2, 0.25) is 10.2 Å². The van der Waals surface area contributed by atoms with Gasteiger partial charge in [0.2, 0.25) is 0 Å². The van der Waals surface area contributed by atoms with E-state index in [0.717, 1.165) is 18.8 Å². The molecule has 2 rings (SSSR count). The van der Waals surface area contributed by atoms with Crippen molar-refractivity contribution in [3.05, 3.63) is 28.0 Å². The Labute approximate surface area is 107 Å². The Kier molecular flexibility index (Phi) is 4.06. The van der Waals surface area contributed by atoms with Crippen LogP contribution in [-0.2, 0) is 6.54 Å². The van der Waals surface area contributed by atoms with Crippen molar-refractivity contribution in [2.45, 2.75) is 38.8 Å². The van der Waals surface area contributed by atoms with Crippen LogP contribution >= 0.6 is 23.2 Å². The van der Waals surface area contributed by atoms with E-state index in [4.69, 9.17) is 23.2 Å². The second-order valence-corrected chi connectivity index (χ2v) is 5.17. The van der Waals surface area contributed by atoms with Crippen LogP contribution in [0.3, 0.4) is 0 Å². The number of nitrogens with zero attached hydrogens (tertiary/aromatic N) is 2.